The Bertz CT molecular complexity index is 408. The average Bonchev–Trinajstić information content (AvgIpc) is 2.70. The summed E-state index contributed by atoms with van der Waals surface area (Å²) in [6, 6.07) is 5.51. The molecule has 0 spiro atoms. The SMILES string of the molecule is Clc1cccc(C2=NOC(CBr)C2)c1Cl. The van der Waals surface area contributed by atoms with E-state index < -0.39 is 0 Å². The number of hydrogen-bond donors (Lipinski definition) is 0. The zero-order valence-corrected chi connectivity index (χ0v) is 10.8. The van der Waals surface area contributed by atoms with Gasteiger partial charge in [-0.3, -0.25) is 0 Å². The van der Waals surface area contributed by atoms with E-state index in [1.54, 1.807) is 6.07 Å². The van der Waals surface area contributed by atoms with Crippen molar-refractivity contribution in [1.29, 1.82) is 0 Å². The molecule has 0 aromatic heterocycles. The van der Waals surface area contributed by atoms with Crippen molar-refractivity contribution in [2.24, 2.45) is 5.16 Å². The predicted octanol–water partition coefficient (Wildman–Crippen LogP) is 3.88. The Kier molecular flexibility index (Phi) is 3.54. The van der Waals surface area contributed by atoms with E-state index in [4.69, 9.17) is 28.0 Å². The molecule has 15 heavy (non-hydrogen) atoms. The Morgan fingerprint density at radius 3 is 2.93 bits per heavy atom. The van der Waals surface area contributed by atoms with Crippen LogP contribution in [0.15, 0.2) is 23.4 Å². The van der Waals surface area contributed by atoms with Crippen LogP contribution in [0.25, 0.3) is 0 Å². The topological polar surface area (TPSA) is 21.6 Å². The van der Waals surface area contributed by atoms with Crippen molar-refractivity contribution in [2.45, 2.75) is 12.5 Å². The van der Waals surface area contributed by atoms with Crippen molar-refractivity contribution < 1.29 is 4.84 Å². The Labute approximate surface area is 106 Å². The summed E-state index contributed by atoms with van der Waals surface area (Å²) in [5, 5.41) is 5.85. The van der Waals surface area contributed by atoms with Crippen molar-refractivity contribution in [2.75, 3.05) is 5.33 Å². The lowest BCUT2D eigenvalue weighted by Crippen LogP contribution is -2.09. The molecule has 1 aromatic carbocycles. The van der Waals surface area contributed by atoms with Gasteiger partial charge in [-0.15, -0.1) is 0 Å². The molecule has 0 amide bonds. The third-order valence-corrected chi connectivity index (χ3v) is 3.71. The zero-order valence-electron chi connectivity index (χ0n) is 7.71. The molecule has 1 aliphatic heterocycles. The van der Waals surface area contributed by atoms with Crippen LogP contribution in [0.3, 0.4) is 0 Å². The maximum absolute atomic E-state index is 6.08. The van der Waals surface area contributed by atoms with Gasteiger partial charge in [-0.2, -0.15) is 0 Å². The quantitative estimate of drug-likeness (QED) is 0.760. The molecule has 2 nitrogen and oxygen atoms in total. The van der Waals surface area contributed by atoms with E-state index >= 15 is 0 Å². The van der Waals surface area contributed by atoms with Gasteiger partial charge in [0.05, 0.1) is 15.8 Å². The molecule has 1 aromatic rings. The third kappa shape index (κ3) is 2.30. The third-order valence-electron chi connectivity index (χ3n) is 2.17. The highest BCUT2D eigenvalue weighted by Gasteiger charge is 2.23. The van der Waals surface area contributed by atoms with Gasteiger partial charge in [0.2, 0.25) is 0 Å². The molecule has 5 heteroatoms. The molecule has 0 N–H and O–H groups in total. The van der Waals surface area contributed by atoms with Crippen LogP contribution in [-0.4, -0.2) is 17.1 Å². The normalized spacial score (nSPS) is 19.9. The van der Waals surface area contributed by atoms with Gasteiger partial charge in [-0.25, -0.2) is 0 Å². The summed E-state index contributed by atoms with van der Waals surface area (Å²) in [6.07, 6.45) is 0.848. The van der Waals surface area contributed by atoms with Gasteiger partial charge in [0, 0.05) is 17.3 Å². The largest absolute Gasteiger partial charge is 0.391 e. The smallest absolute Gasteiger partial charge is 0.142 e. The van der Waals surface area contributed by atoms with E-state index in [0.29, 0.717) is 10.0 Å². The number of oxime groups is 1. The summed E-state index contributed by atoms with van der Waals surface area (Å²) in [4.78, 5) is 5.20. The highest BCUT2D eigenvalue weighted by atomic mass is 79.9. The molecule has 2 rings (SSSR count). The Hall–Kier alpha value is -0.250. The van der Waals surface area contributed by atoms with Gasteiger partial charge in [0.1, 0.15) is 6.10 Å². The molecule has 0 aliphatic carbocycles. The van der Waals surface area contributed by atoms with Crippen LogP contribution in [0, 0.1) is 0 Å². The van der Waals surface area contributed by atoms with Crippen LogP contribution < -0.4 is 0 Å². The van der Waals surface area contributed by atoms with Gasteiger partial charge in [0.15, 0.2) is 0 Å². The zero-order chi connectivity index (χ0) is 10.8. The second kappa shape index (κ2) is 4.73. The molecule has 1 unspecified atom stereocenters. The molecule has 0 fully saturated rings. The van der Waals surface area contributed by atoms with Crippen molar-refractivity contribution in [1.82, 2.24) is 0 Å². The van der Waals surface area contributed by atoms with Crippen LogP contribution in [0.5, 0.6) is 0 Å². The van der Waals surface area contributed by atoms with Crippen molar-refractivity contribution >= 4 is 44.8 Å². The van der Waals surface area contributed by atoms with E-state index in [0.717, 1.165) is 23.0 Å². The Morgan fingerprint density at radius 2 is 2.27 bits per heavy atom. The molecule has 0 bridgehead atoms. The second-order valence-corrected chi connectivity index (χ2v) is 4.66. The minimum absolute atomic E-state index is 0.0926. The summed E-state index contributed by atoms with van der Waals surface area (Å²) in [5.41, 5.74) is 1.71. The van der Waals surface area contributed by atoms with Crippen LogP contribution in [0.2, 0.25) is 10.0 Å². The summed E-state index contributed by atoms with van der Waals surface area (Å²) >= 11 is 15.4. The summed E-state index contributed by atoms with van der Waals surface area (Å²) in [6.45, 7) is 0. The molecule has 0 radical (unpaired) electrons. The molecule has 80 valence electrons. The van der Waals surface area contributed by atoms with Crippen LogP contribution in [0.1, 0.15) is 12.0 Å². The summed E-state index contributed by atoms with van der Waals surface area (Å²) in [7, 11) is 0. The maximum atomic E-state index is 6.08. The summed E-state index contributed by atoms with van der Waals surface area (Å²) < 4.78 is 0. The van der Waals surface area contributed by atoms with Gasteiger partial charge in [-0.05, 0) is 6.07 Å². The Morgan fingerprint density at radius 1 is 1.47 bits per heavy atom. The maximum Gasteiger partial charge on any atom is 0.142 e. The van der Waals surface area contributed by atoms with E-state index in [2.05, 4.69) is 21.1 Å². The first-order chi connectivity index (χ1) is 7.22. The molecule has 1 heterocycles. The van der Waals surface area contributed by atoms with Crippen molar-refractivity contribution in [3.8, 4) is 0 Å². The molecule has 1 aliphatic rings. The number of benzene rings is 1. The standard InChI is InChI=1S/C10H8BrCl2NO/c11-5-6-4-9(14-15-6)7-2-1-3-8(12)10(7)13/h1-3,6H,4-5H2. The number of nitrogens with zero attached hydrogens (tertiary/aromatic N) is 1. The van der Waals surface area contributed by atoms with Crippen LogP contribution in [0.4, 0.5) is 0 Å². The van der Waals surface area contributed by atoms with E-state index in [1.165, 1.54) is 0 Å². The first-order valence-corrected chi connectivity index (χ1v) is 6.33. The first-order valence-electron chi connectivity index (χ1n) is 4.45. The number of rotatable bonds is 2. The molecular weight excluding hydrogens is 301 g/mol. The summed E-state index contributed by atoms with van der Waals surface area (Å²) in [5.74, 6) is 0. The Balaban J connectivity index is 2.28. The number of alkyl halides is 1. The van der Waals surface area contributed by atoms with Gasteiger partial charge >= 0.3 is 0 Å². The molecule has 0 saturated carbocycles. The molecule has 0 saturated heterocycles. The van der Waals surface area contributed by atoms with Gasteiger partial charge in [0.25, 0.3) is 0 Å². The highest BCUT2D eigenvalue weighted by molar-refractivity contribution is 9.09. The van der Waals surface area contributed by atoms with Crippen LogP contribution in [-0.2, 0) is 4.84 Å². The average molecular weight is 309 g/mol. The van der Waals surface area contributed by atoms with Crippen molar-refractivity contribution in [3.05, 3.63) is 33.8 Å². The lowest BCUT2D eigenvalue weighted by Gasteiger charge is -2.04. The van der Waals surface area contributed by atoms with Crippen molar-refractivity contribution in [3.63, 3.8) is 0 Å². The fourth-order valence-corrected chi connectivity index (χ4v) is 2.15. The highest BCUT2D eigenvalue weighted by Crippen LogP contribution is 2.29. The first kappa shape index (κ1) is 11.2. The fraction of sp³-hybridized carbons (Fsp3) is 0.300. The predicted molar refractivity (Wildman–Crippen MR) is 66.3 cm³/mol. The number of halogens is 3. The van der Waals surface area contributed by atoms with Gasteiger partial charge in [-0.1, -0.05) is 56.4 Å². The van der Waals surface area contributed by atoms with Gasteiger partial charge < -0.3 is 4.84 Å². The van der Waals surface area contributed by atoms with E-state index in [9.17, 15) is 0 Å². The van der Waals surface area contributed by atoms with E-state index in [1.807, 2.05) is 12.1 Å². The molecular formula is C10H8BrCl2NO. The minimum atomic E-state index is 0.0926. The fourth-order valence-electron chi connectivity index (χ4n) is 1.40. The van der Waals surface area contributed by atoms with Crippen LogP contribution >= 0.6 is 39.1 Å². The van der Waals surface area contributed by atoms with E-state index in [-0.39, 0.29) is 6.10 Å². The monoisotopic (exact) mass is 307 g/mol. The second-order valence-electron chi connectivity index (χ2n) is 3.23. The lowest BCUT2D eigenvalue weighted by molar-refractivity contribution is 0.104. The minimum Gasteiger partial charge on any atom is -0.391 e. The number of hydrogen-bond acceptors (Lipinski definition) is 2. The molecule has 1 atom stereocenters. The lowest BCUT2D eigenvalue weighted by atomic mass is 10.1.